The highest BCUT2D eigenvalue weighted by molar-refractivity contribution is 5.98. The number of amides is 10. The van der Waals surface area contributed by atoms with E-state index in [1.165, 1.54) is 36.4 Å². The second-order valence-corrected chi connectivity index (χ2v) is 23.7. The number of guanidine groups is 1. The first-order valence-electron chi connectivity index (χ1n) is 29.7. The molecule has 0 unspecified atom stereocenters. The molecule has 0 heterocycles. The van der Waals surface area contributed by atoms with Crippen LogP contribution in [-0.4, -0.2) is 160 Å². The number of rotatable bonds is 41. The van der Waals surface area contributed by atoms with Crippen molar-refractivity contribution in [3.63, 3.8) is 0 Å². The van der Waals surface area contributed by atoms with Crippen LogP contribution in [0.15, 0.2) is 48.5 Å². The number of primary amides is 1. The smallest absolute Gasteiger partial charge is 0.303 e. The quantitative estimate of drug-likeness (QED) is 0.0213. The van der Waals surface area contributed by atoms with Gasteiger partial charge in [-0.1, -0.05) is 79.7 Å². The van der Waals surface area contributed by atoms with E-state index < -0.39 is 152 Å². The third-order valence-electron chi connectivity index (χ3n) is 13.6. The molecule has 493 valence electrons. The molecule has 10 amide bonds. The van der Waals surface area contributed by atoms with E-state index in [-0.39, 0.29) is 92.6 Å². The van der Waals surface area contributed by atoms with Gasteiger partial charge >= 0.3 is 5.97 Å². The van der Waals surface area contributed by atoms with Crippen LogP contribution in [-0.2, 0) is 70.4 Å². The molecule has 0 saturated heterocycles. The van der Waals surface area contributed by atoms with Crippen molar-refractivity contribution in [1.29, 1.82) is 5.41 Å². The summed E-state index contributed by atoms with van der Waals surface area (Å²) in [6, 6.07) is -0.415. The molecule has 0 aromatic heterocycles. The monoisotopic (exact) mass is 1250 g/mol. The summed E-state index contributed by atoms with van der Waals surface area (Å²) in [4.78, 5) is 161. The van der Waals surface area contributed by atoms with Crippen LogP contribution in [0.1, 0.15) is 131 Å². The van der Waals surface area contributed by atoms with Gasteiger partial charge < -0.3 is 85.7 Å². The number of carbonyl (C=O) groups is 11. The minimum Gasteiger partial charge on any atom is -0.508 e. The predicted molar refractivity (Wildman–Crippen MR) is 328 cm³/mol. The lowest BCUT2D eigenvalue weighted by Crippen LogP contribution is -2.60. The first kappa shape index (κ1) is 76.2. The van der Waals surface area contributed by atoms with Gasteiger partial charge in [0.25, 0.3) is 0 Å². The fourth-order valence-electron chi connectivity index (χ4n) is 9.10. The molecule has 0 aliphatic carbocycles. The molecule has 1 radical (unpaired) electrons. The van der Waals surface area contributed by atoms with E-state index in [9.17, 15) is 72.9 Å². The van der Waals surface area contributed by atoms with E-state index in [0.29, 0.717) is 17.5 Å². The van der Waals surface area contributed by atoms with Gasteiger partial charge in [-0.2, -0.15) is 0 Å². The van der Waals surface area contributed by atoms with Gasteiger partial charge in [0.05, 0.1) is 18.6 Å². The number of nitrogens with one attached hydrogen (secondary N) is 11. The number of phenols is 2. The molecule has 0 saturated carbocycles. The Bertz CT molecular complexity index is 2710. The maximum absolute atomic E-state index is 14.4. The van der Waals surface area contributed by atoms with Crippen LogP contribution >= 0.6 is 0 Å². The SMILES string of the molecule is CC(C)C[C@H](NC(=O)[C@H](CC(C)C)NC(=O)[C@H](CCC(N)=O)NC(=O)[C@H](CCC(=O)O)NC(=O)[C@H](CC(C)C)NC(=O)[C@H](Cc1ccc(O)cc1)NC(=O)CNC(=O)[C@H](CC(C)C)NC(=O)[C@@H](N)Cc1ccc(O)cc1)C(=O)N[C@H]([C]=O)CCCNC(=N)N. The third-order valence-corrected chi connectivity index (χ3v) is 13.6. The number of benzene rings is 2. The standard InChI is InChI=1S/C60H93N14O15/c1-32(2)24-44(71-52(82)41(61)28-36-11-15-39(76)16-12-36)53(83)66-30-50(79)68-48(29-37-13-17-40(77)18-14-37)59(89)74-46(26-34(5)6)57(87)70-43(20-22-51(80)81)54(84)69-42(19-21-49(62)78)55(85)72-47(27-35(7)8)58(88)73-45(25-33(3)4)56(86)67-38(31-75)10-9-23-65-60(63)64/h11-18,32-35,38,41-48,76-77H,9-10,19-30,61H2,1-8H3,(H2,62,78)(H,66,83)(H,67,86)(H,68,79)(H,69,84)(H,70,87)(H,71,82)(H,72,85)(H,73,88)(H,74,89)(H,80,81)(H4,63,64,65)/t38-,41-,42-,43-,44-,45-,46-,47-,48-/m0/s1. The van der Waals surface area contributed by atoms with E-state index >= 15 is 0 Å². The summed E-state index contributed by atoms with van der Waals surface area (Å²) in [5.74, 6) is -11.3. The Morgan fingerprint density at radius 1 is 0.472 bits per heavy atom. The van der Waals surface area contributed by atoms with E-state index in [1.807, 2.05) is 13.8 Å². The van der Waals surface area contributed by atoms with Gasteiger partial charge in [-0.05, 0) is 117 Å². The Morgan fingerprint density at radius 2 is 0.843 bits per heavy atom. The minimum absolute atomic E-state index is 0.00476. The van der Waals surface area contributed by atoms with Crippen molar-refractivity contribution in [3.8, 4) is 11.5 Å². The van der Waals surface area contributed by atoms with Crippen molar-refractivity contribution in [3.05, 3.63) is 59.7 Å². The lowest BCUT2D eigenvalue weighted by molar-refractivity contribution is -0.139. The fourth-order valence-corrected chi connectivity index (χ4v) is 9.10. The van der Waals surface area contributed by atoms with E-state index in [0.717, 1.165) is 0 Å². The first-order chi connectivity index (χ1) is 41.8. The molecular formula is C60H93N14O15. The topological polar surface area (TPSA) is 488 Å². The molecule has 0 bridgehead atoms. The zero-order valence-electron chi connectivity index (χ0n) is 52.0. The normalized spacial score (nSPS) is 14.2. The third kappa shape index (κ3) is 31.0. The van der Waals surface area contributed by atoms with Crippen LogP contribution in [0.25, 0.3) is 0 Å². The maximum Gasteiger partial charge on any atom is 0.303 e. The van der Waals surface area contributed by atoms with Crippen molar-refractivity contribution < 1.29 is 72.9 Å². The highest BCUT2D eigenvalue weighted by atomic mass is 16.4. The van der Waals surface area contributed by atoms with Crippen LogP contribution in [0.2, 0.25) is 0 Å². The predicted octanol–water partition coefficient (Wildman–Crippen LogP) is -1.11. The molecule has 2 aromatic rings. The molecule has 0 aliphatic rings. The molecule has 2 aromatic carbocycles. The van der Waals surface area contributed by atoms with Crippen molar-refractivity contribution in [2.24, 2.45) is 40.9 Å². The summed E-state index contributed by atoms with van der Waals surface area (Å²) in [6.07, 6.45) is 0.0696. The Balaban J connectivity index is 2.42. The molecule has 29 nitrogen and oxygen atoms in total. The summed E-state index contributed by atoms with van der Waals surface area (Å²) in [6.45, 7) is 13.7. The Hall–Kier alpha value is -8.89. The number of aromatic hydroxyl groups is 2. The number of carboxylic acid groups (broad SMARTS) is 1. The lowest BCUT2D eigenvalue weighted by atomic mass is 9.99. The van der Waals surface area contributed by atoms with E-state index in [4.69, 9.17) is 22.6 Å². The van der Waals surface area contributed by atoms with Gasteiger partial charge in [0.15, 0.2) is 5.96 Å². The first-order valence-corrected chi connectivity index (χ1v) is 29.7. The average molecular weight is 1250 g/mol. The van der Waals surface area contributed by atoms with Crippen LogP contribution < -0.4 is 70.4 Å². The highest BCUT2D eigenvalue weighted by Gasteiger charge is 2.35. The zero-order chi connectivity index (χ0) is 67.1. The van der Waals surface area contributed by atoms with Crippen molar-refractivity contribution in [2.45, 2.75) is 187 Å². The van der Waals surface area contributed by atoms with Gasteiger partial charge in [-0.3, -0.25) is 62.9 Å². The number of hydrogen-bond donors (Lipinski definition) is 17. The van der Waals surface area contributed by atoms with Crippen molar-refractivity contribution in [1.82, 2.24) is 53.2 Å². The van der Waals surface area contributed by atoms with Crippen molar-refractivity contribution in [2.75, 3.05) is 13.1 Å². The van der Waals surface area contributed by atoms with Crippen LogP contribution in [0.4, 0.5) is 0 Å². The Labute approximate surface area is 519 Å². The van der Waals surface area contributed by atoms with E-state index in [1.54, 1.807) is 60.0 Å². The van der Waals surface area contributed by atoms with Crippen LogP contribution in [0.3, 0.4) is 0 Å². The van der Waals surface area contributed by atoms with Gasteiger partial charge in [0, 0.05) is 25.8 Å². The maximum atomic E-state index is 14.4. The Kier molecular flexibility index (Phi) is 33.5. The van der Waals surface area contributed by atoms with Crippen LogP contribution in [0, 0.1) is 29.1 Å². The number of phenolic OH excluding ortho intramolecular Hbond substituents is 2. The second kappa shape index (κ2) is 39.1. The highest BCUT2D eigenvalue weighted by Crippen LogP contribution is 2.16. The van der Waals surface area contributed by atoms with Gasteiger partial charge in [0.2, 0.25) is 65.4 Å². The van der Waals surface area contributed by atoms with Gasteiger partial charge in [-0.15, -0.1) is 0 Å². The van der Waals surface area contributed by atoms with Gasteiger partial charge in [-0.25, -0.2) is 0 Å². The molecule has 29 heteroatoms. The summed E-state index contributed by atoms with van der Waals surface area (Å²) in [5.41, 5.74) is 18.0. The molecule has 20 N–H and O–H groups in total. The summed E-state index contributed by atoms with van der Waals surface area (Å²) >= 11 is 0. The van der Waals surface area contributed by atoms with Gasteiger partial charge in [0.1, 0.15) is 53.8 Å². The molecule has 89 heavy (non-hydrogen) atoms. The molecule has 9 atom stereocenters. The minimum atomic E-state index is -1.72. The number of nitrogens with two attached hydrogens (primary N) is 3. The van der Waals surface area contributed by atoms with Crippen LogP contribution in [0.5, 0.6) is 11.5 Å². The fraction of sp³-hybridized carbons (Fsp3) is 0.583. The lowest BCUT2D eigenvalue weighted by Gasteiger charge is -2.28. The molecule has 0 spiro atoms. The number of hydrogen-bond acceptors (Lipinski definition) is 16. The summed E-state index contributed by atoms with van der Waals surface area (Å²) in [7, 11) is 0. The molecule has 0 fully saturated rings. The number of carbonyl (C=O) groups excluding carboxylic acids is 11. The molecular weight excluding hydrogens is 1160 g/mol. The Morgan fingerprint density at radius 3 is 1.25 bits per heavy atom. The number of carboxylic acids is 1. The van der Waals surface area contributed by atoms with E-state index in [2.05, 4.69) is 53.2 Å². The molecule has 0 aliphatic heterocycles. The number of aliphatic carboxylic acids is 1. The van der Waals surface area contributed by atoms with Crippen molar-refractivity contribution >= 4 is 77.3 Å². The molecule has 2 rings (SSSR count). The summed E-state index contributed by atoms with van der Waals surface area (Å²) < 4.78 is 0. The summed E-state index contributed by atoms with van der Waals surface area (Å²) in [5, 5.41) is 62.3. The largest absolute Gasteiger partial charge is 0.508 e. The average Bonchev–Trinajstić information content (AvgIpc) is 2.18. The second-order valence-electron chi connectivity index (χ2n) is 23.7. The zero-order valence-corrected chi connectivity index (χ0v) is 52.0.